The second-order valence-corrected chi connectivity index (χ2v) is 3.71. The highest BCUT2D eigenvalue weighted by Gasteiger charge is 2.38. The van der Waals surface area contributed by atoms with Crippen LogP contribution in [0.5, 0.6) is 0 Å². The Morgan fingerprint density at radius 2 is 1.76 bits per heavy atom. The SMILES string of the molecule is Cc1ccc(-c2nnc(C(F)(F)F)o2)cc1C. The highest BCUT2D eigenvalue weighted by Crippen LogP contribution is 2.30. The van der Waals surface area contributed by atoms with Crippen molar-refractivity contribution in [3.63, 3.8) is 0 Å². The molecule has 0 aliphatic rings. The van der Waals surface area contributed by atoms with Crippen molar-refractivity contribution < 1.29 is 17.6 Å². The monoisotopic (exact) mass is 242 g/mol. The van der Waals surface area contributed by atoms with Gasteiger partial charge in [-0.25, -0.2) is 0 Å². The van der Waals surface area contributed by atoms with Crippen molar-refractivity contribution >= 4 is 0 Å². The topological polar surface area (TPSA) is 38.9 Å². The van der Waals surface area contributed by atoms with Crippen molar-refractivity contribution in [1.29, 1.82) is 0 Å². The summed E-state index contributed by atoms with van der Waals surface area (Å²) in [5, 5.41) is 6.36. The molecular formula is C11H9F3N2O. The van der Waals surface area contributed by atoms with E-state index in [0.29, 0.717) is 5.56 Å². The van der Waals surface area contributed by atoms with Crippen LogP contribution >= 0.6 is 0 Å². The predicted molar refractivity (Wildman–Crippen MR) is 54.2 cm³/mol. The van der Waals surface area contributed by atoms with Gasteiger partial charge in [0.1, 0.15) is 0 Å². The lowest BCUT2D eigenvalue weighted by atomic mass is 10.1. The summed E-state index contributed by atoms with van der Waals surface area (Å²) in [6.45, 7) is 3.77. The first-order chi connectivity index (χ1) is 7.88. The molecule has 0 atom stereocenters. The highest BCUT2D eigenvalue weighted by atomic mass is 19.4. The second kappa shape index (κ2) is 3.87. The Morgan fingerprint density at radius 3 is 2.29 bits per heavy atom. The van der Waals surface area contributed by atoms with Crippen LogP contribution < -0.4 is 0 Å². The van der Waals surface area contributed by atoms with E-state index < -0.39 is 12.1 Å². The van der Waals surface area contributed by atoms with Crippen molar-refractivity contribution in [3.8, 4) is 11.5 Å². The van der Waals surface area contributed by atoms with E-state index in [-0.39, 0.29) is 5.89 Å². The first-order valence-electron chi connectivity index (χ1n) is 4.86. The van der Waals surface area contributed by atoms with Gasteiger partial charge >= 0.3 is 12.1 Å². The third-order valence-electron chi connectivity index (χ3n) is 2.42. The molecular weight excluding hydrogens is 233 g/mol. The van der Waals surface area contributed by atoms with Gasteiger partial charge in [0, 0.05) is 5.56 Å². The number of benzene rings is 1. The van der Waals surface area contributed by atoms with E-state index in [4.69, 9.17) is 0 Å². The third kappa shape index (κ3) is 2.30. The molecule has 17 heavy (non-hydrogen) atoms. The van der Waals surface area contributed by atoms with Crippen molar-refractivity contribution in [3.05, 3.63) is 35.2 Å². The summed E-state index contributed by atoms with van der Waals surface area (Å²) in [6, 6.07) is 5.15. The third-order valence-corrected chi connectivity index (χ3v) is 2.42. The van der Waals surface area contributed by atoms with E-state index >= 15 is 0 Å². The molecule has 0 N–H and O–H groups in total. The van der Waals surface area contributed by atoms with Crippen LogP contribution in [0, 0.1) is 13.8 Å². The number of alkyl halides is 3. The van der Waals surface area contributed by atoms with E-state index in [2.05, 4.69) is 14.6 Å². The highest BCUT2D eigenvalue weighted by molar-refractivity contribution is 5.55. The maximum atomic E-state index is 12.3. The van der Waals surface area contributed by atoms with E-state index in [0.717, 1.165) is 11.1 Å². The summed E-state index contributed by atoms with van der Waals surface area (Å²) in [7, 11) is 0. The Labute approximate surface area is 95.3 Å². The summed E-state index contributed by atoms with van der Waals surface area (Å²) in [5.41, 5.74) is 2.48. The molecule has 3 nitrogen and oxygen atoms in total. The Balaban J connectivity index is 2.40. The van der Waals surface area contributed by atoms with Crippen LogP contribution in [0.3, 0.4) is 0 Å². The van der Waals surface area contributed by atoms with Crippen molar-refractivity contribution in [2.75, 3.05) is 0 Å². The van der Waals surface area contributed by atoms with Crippen molar-refractivity contribution in [2.24, 2.45) is 0 Å². The summed E-state index contributed by atoms with van der Waals surface area (Å²) in [6.07, 6.45) is -4.61. The zero-order valence-corrected chi connectivity index (χ0v) is 9.17. The van der Waals surface area contributed by atoms with E-state index in [1.165, 1.54) is 0 Å². The Bertz CT molecular complexity index is 546. The first kappa shape index (κ1) is 11.6. The van der Waals surface area contributed by atoms with Gasteiger partial charge in [0.2, 0.25) is 5.89 Å². The Morgan fingerprint density at radius 1 is 1.06 bits per heavy atom. The molecule has 2 aromatic rings. The molecule has 0 bridgehead atoms. The summed E-state index contributed by atoms with van der Waals surface area (Å²) in [4.78, 5) is 0. The van der Waals surface area contributed by atoms with Crippen molar-refractivity contribution in [2.45, 2.75) is 20.0 Å². The van der Waals surface area contributed by atoms with E-state index in [1.807, 2.05) is 13.8 Å². The van der Waals surface area contributed by atoms with Crippen molar-refractivity contribution in [1.82, 2.24) is 10.2 Å². The fourth-order valence-corrected chi connectivity index (χ4v) is 1.33. The number of hydrogen-bond acceptors (Lipinski definition) is 3. The number of hydrogen-bond donors (Lipinski definition) is 0. The standard InChI is InChI=1S/C11H9F3N2O/c1-6-3-4-8(5-7(6)2)9-15-16-10(17-9)11(12,13)14/h3-5H,1-2H3. The second-order valence-electron chi connectivity index (χ2n) is 3.71. The Kier molecular flexibility index (Phi) is 2.65. The molecule has 6 heteroatoms. The van der Waals surface area contributed by atoms with Gasteiger partial charge in [-0.3, -0.25) is 0 Å². The van der Waals surface area contributed by atoms with Crippen LogP contribution in [0.1, 0.15) is 17.0 Å². The maximum absolute atomic E-state index is 12.3. The number of halogens is 3. The lowest BCUT2D eigenvalue weighted by Crippen LogP contribution is -2.04. The molecule has 1 aromatic carbocycles. The zero-order valence-electron chi connectivity index (χ0n) is 9.17. The molecule has 90 valence electrons. The van der Waals surface area contributed by atoms with Gasteiger partial charge in [0.15, 0.2) is 0 Å². The van der Waals surface area contributed by atoms with Crippen LogP contribution in [-0.4, -0.2) is 10.2 Å². The van der Waals surface area contributed by atoms with Gasteiger partial charge < -0.3 is 4.42 Å². The zero-order chi connectivity index (χ0) is 12.6. The molecule has 0 fully saturated rings. The van der Waals surface area contributed by atoms with Gasteiger partial charge in [-0.15, -0.1) is 10.2 Å². The lowest BCUT2D eigenvalue weighted by Gasteiger charge is -2.01. The normalized spacial score (nSPS) is 11.8. The molecule has 0 unspecified atom stereocenters. The molecule has 0 amide bonds. The number of rotatable bonds is 1. The fraction of sp³-hybridized carbons (Fsp3) is 0.273. The minimum atomic E-state index is -4.61. The molecule has 1 aromatic heterocycles. The average molecular weight is 242 g/mol. The number of aromatic nitrogens is 2. The van der Waals surface area contributed by atoms with Crippen LogP contribution in [-0.2, 0) is 6.18 Å². The molecule has 0 radical (unpaired) electrons. The van der Waals surface area contributed by atoms with E-state index in [1.54, 1.807) is 18.2 Å². The van der Waals surface area contributed by atoms with Gasteiger partial charge in [-0.2, -0.15) is 13.2 Å². The largest absolute Gasteiger partial charge is 0.470 e. The number of nitrogens with zero attached hydrogens (tertiary/aromatic N) is 2. The predicted octanol–water partition coefficient (Wildman–Crippen LogP) is 3.37. The smallest absolute Gasteiger partial charge is 0.413 e. The quantitative estimate of drug-likeness (QED) is 0.769. The maximum Gasteiger partial charge on any atom is 0.470 e. The van der Waals surface area contributed by atoms with Gasteiger partial charge in [-0.1, -0.05) is 6.07 Å². The molecule has 1 heterocycles. The fourth-order valence-electron chi connectivity index (χ4n) is 1.33. The average Bonchev–Trinajstić information content (AvgIpc) is 2.70. The molecule has 0 aliphatic heterocycles. The van der Waals surface area contributed by atoms with Gasteiger partial charge in [0.05, 0.1) is 0 Å². The van der Waals surface area contributed by atoms with E-state index in [9.17, 15) is 13.2 Å². The summed E-state index contributed by atoms with van der Waals surface area (Å²) >= 11 is 0. The minimum absolute atomic E-state index is 0.125. The Hall–Kier alpha value is -1.85. The first-order valence-corrected chi connectivity index (χ1v) is 4.86. The van der Waals surface area contributed by atoms with Gasteiger partial charge in [-0.05, 0) is 37.1 Å². The van der Waals surface area contributed by atoms with Crippen LogP contribution in [0.25, 0.3) is 11.5 Å². The summed E-state index contributed by atoms with van der Waals surface area (Å²) < 4.78 is 41.4. The number of aryl methyl sites for hydroxylation is 2. The lowest BCUT2D eigenvalue weighted by molar-refractivity contribution is -0.156. The molecule has 0 spiro atoms. The molecule has 0 aliphatic carbocycles. The molecule has 0 saturated carbocycles. The summed E-state index contributed by atoms with van der Waals surface area (Å²) in [5.74, 6) is -1.45. The minimum Gasteiger partial charge on any atom is -0.413 e. The van der Waals surface area contributed by atoms with Crippen LogP contribution in [0.4, 0.5) is 13.2 Å². The van der Waals surface area contributed by atoms with Crippen LogP contribution in [0.15, 0.2) is 22.6 Å². The molecule has 2 rings (SSSR count). The molecule has 0 saturated heterocycles. The van der Waals surface area contributed by atoms with Crippen LogP contribution in [0.2, 0.25) is 0 Å². The van der Waals surface area contributed by atoms with Gasteiger partial charge in [0.25, 0.3) is 0 Å².